The molecule has 2 heterocycles. The normalized spacial score (nSPS) is 34.1. The zero-order valence-electron chi connectivity index (χ0n) is 16.7. The maximum absolute atomic E-state index is 12.5. The number of aliphatic hydroxyl groups excluding tert-OH is 1. The average molecular weight is 394 g/mol. The SMILES string of the molecule is COc1ccc2c(c1)C13Cc4[nH]c(=O)c(C(O)O)cc4CCC1C1N(C)C[C@@]21C3. The number of aromatic nitrogens is 1. The Labute approximate surface area is 169 Å². The Hall–Kier alpha value is -2.15. The lowest BCUT2D eigenvalue weighted by molar-refractivity contribution is -0.0436. The van der Waals surface area contributed by atoms with Gasteiger partial charge in [-0.15, -0.1) is 0 Å². The standard InChI is InChI=1S/C23H26N2O4/c1-25-11-23-10-22(17-8-13(29-2)4-6-15(17)23)9-18-12(3-5-16(22)19(23)25)7-14(21(27)28)20(26)24-18/h4,6-8,16,19,21,27-28H,3,5,9-11H2,1-2H3,(H,24,26)/t16?,19?,22?,23-/m0/s1. The number of aryl methyl sites for hydroxylation is 1. The van der Waals surface area contributed by atoms with Crippen LogP contribution in [0.1, 0.15) is 47.1 Å². The van der Waals surface area contributed by atoms with Gasteiger partial charge in [0.2, 0.25) is 0 Å². The molecule has 3 N–H and O–H groups in total. The summed E-state index contributed by atoms with van der Waals surface area (Å²) in [7, 11) is 3.94. The molecule has 6 rings (SSSR count). The number of likely N-dealkylation sites (N-methyl/N-ethyl adjacent to an activating group) is 1. The predicted octanol–water partition coefficient (Wildman–Crippen LogP) is 1.38. The molecule has 6 heteroatoms. The van der Waals surface area contributed by atoms with Gasteiger partial charge in [0.15, 0.2) is 6.29 Å². The van der Waals surface area contributed by atoms with Gasteiger partial charge in [-0.25, -0.2) is 0 Å². The van der Waals surface area contributed by atoms with Crippen LogP contribution in [0.15, 0.2) is 29.1 Å². The van der Waals surface area contributed by atoms with Gasteiger partial charge in [0.05, 0.1) is 12.7 Å². The Bertz CT molecular complexity index is 1090. The second kappa shape index (κ2) is 5.50. The largest absolute Gasteiger partial charge is 0.497 e. The fourth-order valence-corrected chi connectivity index (χ4v) is 7.48. The maximum Gasteiger partial charge on any atom is 0.256 e. The summed E-state index contributed by atoms with van der Waals surface area (Å²) in [4.78, 5) is 18.0. The van der Waals surface area contributed by atoms with Gasteiger partial charge >= 0.3 is 0 Å². The van der Waals surface area contributed by atoms with E-state index in [9.17, 15) is 15.0 Å². The van der Waals surface area contributed by atoms with Crippen molar-refractivity contribution in [3.63, 3.8) is 0 Å². The first-order valence-corrected chi connectivity index (χ1v) is 10.4. The van der Waals surface area contributed by atoms with Gasteiger partial charge in [-0.3, -0.25) is 4.79 Å². The molecule has 3 aliphatic carbocycles. The van der Waals surface area contributed by atoms with E-state index in [0.717, 1.165) is 49.2 Å². The molecule has 1 saturated carbocycles. The van der Waals surface area contributed by atoms with Crippen molar-refractivity contribution < 1.29 is 14.9 Å². The number of pyridine rings is 1. The van der Waals surface area contributed by atoms with Crippen molar-refractivity contribution in [1.29, 1.82) is 0 Å². The van der Waals surface area contributed by atoms with Crippen molar-refractivity contribution in [3.05, 3.63) is 62.6 Å². The summed E-state index contributed by atoms with van der Waals surface area (Å²) in [6.07, 6.45) is 2.04. The van der Waals surface area contributed by atoms with E-state index in [1.54, 1.807) is 13.2 Å². The summed E-state index contributed by atoms with van der Waals surface area (Å²) in [6.45, 7) is 1.09. The molecule has 4 atom stereocenters. The summed E-state index contributed by atoms with van der Waals surface area (Å²) in [6, 6.07) is 8.80. The fourth-order valence-electron chi connectivity index (χ4n) is 7.48. The maximum atomic E-state index is 12.5. The van der Waals surface area contributed by atoms with E-state index in [0.29, 0.717) is 12.0 Å². The number of likely N-dealkylation sites (tertiary alicyclic amines) is 1. The number of H-pyrrole nitrogens is 1. The molecule has 2 bridgehead atoms. The Morgan fingerprint density at radius 2 is 2.07 bits per heavy atom. The summed E-state index contributed by atoms with van der Waals surface area (Å²) in [5, 5.41) is 19.1. The van der Waals surface area contributed by atoms with Crippen LogP contribution in [0.3, 0.4) is 0 Å². The summed E-state index contributed by atoms with van der Waals surface area (Å²) in [5.41, 5.74) is 4.71. The van der Waals surface area contributed by atoms with Crippen molar-refractivity contribution in [2.24, 2.45) is 5.92 Å². The van der Waals surface area contributed by atoms with Crippen LogP contribution >= 0.6 is 0 Å². The Kier molecular flexibility index (Phi) is 3.36. The van der Waals surface area contributed by atoms with Gasteiger partial charge in [-0.1, -0.05) is 6.07 Å². The highest BCUT2D eigenvalue weighted by atomic mass is 16.5. The molecule has 2 fully saturated rings. The van der Waals surface area contributed by atoms with E-state index in [4.69, 9.17) is 4.74 Å². The number of aliphatic hydroxyl groups is 2. The highest BCUT2D eigenvalue weighted by Crippen LogP contribution is 2.71. The van der Waals surface area contributed by atoms with E-state index in [-0.39, 0.29) is 16.4 Å². The van der Waals surface area contributed by atoms with Crippen molar-refractivity contribution >= 4 is 0 Å². The van der Waals surface area contributed by atoms with Gasteiger partial charge in [0.1, 0.15) is 5.75 Å². The molecule has 2 spiro atoms. The second-order valence-corrected chi connectivity index (χ2v) is 9.51. The molecule has 1 saturated heterocycles. The van der Waals surface area contributed by atoms with Gasteiger partial charge in [-0.05, 0) is 73.5 Å². The second-order valence-electron chi connectivity index (χ2n) is 9.51. The number of methoxy groups -OCH3 is 1. The molecule has 0 amide bonds. The molecule has 2 aromatic rings. The van der Waals surface area contributed by atoms with Gasteiger partial charge in [-0.2, -0.15) is 0 Å². The van der Waals surface area contributed by atoms with Crippen LogP contribution in [0.25, 0.3) is 0 Å². The number of ether oxygens (including phenoxy) is 1. The van der Waals surface area contributed by atoms with Crippen LogP contribution < -0.4 is 10.3 Å². The van der Waals surface area contributed by atoms with Crippen molar-refractivity contribution in [3.8, 4) is 5.75 Å². The van der Waals surface area contributed by atoms with E-state index < -0.39 is 11.8 Å². The topological polar surface area (TPSA) is 85.8 Å². The molecule has 1 aromatic heterocycles. The third-order valence-corrected chi connectivity index (χ3v) is 8.33. The van der Waals surface area contributed by atoms with Crippen LogP contribution in [0, 0.1) is 5.92 Å². The first kappa shape index (κ1) is 17.7. The predicted molar refractivity (Wildman–Crippen MR) is 107 cm³/mol. The Morgan fingerprint density at radius 1 is 1.24 bits per heavy atom. The molecule has 0 radical (unpaired) electrons. The van der Waals surface area contributed by atoms with E-state index in [1.807, 2.05) is 0 Å². The number of nitrogens with zero attached hydrogens (tertiary/aromatic N) is 1. The summed E-state index contributed by atoms with van der Waals surface area (Å²) < 4.78 is 5.56. The number of benzene rings is 1. The van der Waals surface area contributed by atoms with Crippen molar-refractivity contribution in [1.82, 2.24) is 9.88 Å². The molecular weight excluding hydrogens is 368 g/mol. The van der Waals surface area contributed by atoms with E-state index in [1.165, 1.54) is 11.1 Å². The fraction of sp³-hybridized carbons (Fsp3) is 0.522. The number of fused-ring (bicyclic) bond motifs is 3. The lowest BCUT2D eigenvalue weighted by atomic mass is 9.61. The minimum atomic E-state index is -1.74. The monoisotopic (exact) mass is 394 g/mol. The minimum Gasteiger partial charge on any atom is -0.497 e. The smallest absolute Gasteiger partial charge is 0.256 e. The Balaban J connectivity index is 1.55. The lowest BCUT2D eigenvalue weighted by Gasteiger charge is -2.57. The zero-order chi connectivity index (χ0) is 20.1. The first-order valence-electron chi connectivity index (χ1n) is 10.4. The van der Waals surface area contributed by atoms with Gasteiger partial charge in [0, 0.05) is 29.1 Å². The van der Waals surface area contributed by atoms with E-state index in [2.05, 4.69) is 35.1 Å². The van der Waals surface area contributed by atoms with Gasteiger partial charge in [0.25, 0.3) is 5.56 Å². The molecular formula is C23H26N2O4. The molecule has 1 aromatic carbocycles. The molecule has 152 valence electrons. The van der Waals surface area contributed by atoms with Crippen molar-refractivity contribution in [2.45, 2.75) is 48.8 Å². The third-order valence-electron chi connectivity index (χ3n) is 8.33. The number of nitrogens with one attached hydrogen (secondary N) is 1. The highest BCUT2D eigenvalue weighted by molar-refractivity contribution is 5.59. The Morgan fingerprint density at radius 3 is 2.79 bits per heavy atom. The molecule has 3 unspecified atom stereocenters. The van der Waals surface area contributed by atoms with Crippen LogP contribution in [0.5, 0.6) is 5.75 Å². The molecule has 4 aliphatic rings. The average Bonchev–Trinajstić information content (AvgIpc) is 3.02. The zero-order valence-corrected chi connectivity index (χ0v) is 16.7. The first-order chi connectivity index (χ1) is 13.9. The van der Waals surface area contributed by atoms with Crippen LogP contribution in [-0.2, 0) is 23.7 Å². The number of rotatable bonds is 2. The number of aromatic amines is 1. The summed E-state index contributed by atoms with van der Waals surface area (Å²) in [5.74, 6) is 1.40. The van der Waals surface area contributed by atoms with Crippen LogP contribution in [-0.4, -0.2) is 46.8 Å². The van der Waals surface area contributed by atoms with Crippen molar-refractivity contribution in [2.75, 3.05) is 20.7 Å². The van der Waals surface area contributed by atoms with E-state index >= 15 is 0 Å². The number of hydrogen-bond donors (Lipinski definition) is 3. The molecule has 29 heavy (non-hydrogen) atoms. The third kappa shape index (κ3) is 2.00. The number of hydrogen-bond acceptors (Lipinski definition) is 5. The quantitative estimate of drug-likeness (QED) is 0.670. The van der Waals surface area contributed by atoms with Crippen LogP contribution in [0.2, 0.25) is 0 Å². The lowest BCUT2D eigenvalue weighted by Crippen LogP contribution is -2.66. The summed E-state index contributed by atoms with van der Waals surface area (Å²) >= 11 is 0. The molecule has 1 aliphatic heterocycles. The van der Waals surface area contributed by atoms with Gasteiger partial charge < -0.3 is 24.8 Å². The minimum absolute atomic E-state index is 0.00711. The highest BCUT2D eigenvalue weighted by Gasteiger charge is 2.73. The molecule has 6 nitrogen and oxygen atoms in total. The van der Waals surface area contributed by atoms with Crippen LogP contribution in [0.4, 0.5) is 0 Å².